The third kappa shape index (κ3) is 2.25. The molecular weight excluding hydrogens is 279 g/mol. The van der Waals surface area contributed by atoms with Crippen molar-refractivity contribution < 1.29 is 9.31 Å². The second kappa shape index (κ2) is 4.38. The van der Waals surface area contributed by atoms with Gasteiger partial charge in [-0.05, 0) is 27.7 Å². The SMILES string of the molecule is CC1(C)OB(c2csc(-c3cncs3)n2)OC1(C)C. The van der Waals surface area contributed by atoms with Crippen molar-refractivity contribution in [3.05, 3.63) is 17.1 Å². The van der Waals surface area contributed by atoms with Crippen molar-refractivity contribution in [1.29, 1.82) is 0 Å². The monoisotopic (exact) mass is 294 g/mol. The van der Waals surface area contributed by atoms with E-state index in [2.05, 4.69) is 9.97 Å². The lowest BCUT2D eigenvalue weighted by atomic mass is 9.86. The molecule has 0 aromatic carbocycles. The van der Waals surface area contributed by atoms with Gasteiger partial charge < -0.3 is 9.31 Å². The minimum absolute atomic E-state index is 0.327. The molecule has 19 heavy (non-hydrogen) atoms. The predicted octanol–water partition coefficient (Wildman–Crippen LogP) is 2.57. The fourth-order valence-corrected chi connectivity index (χ4v) is 3.31. The largest absolute Gasteiger partial charge is 0.515 e. The van der Waals surface area contributed by atoms with Gasteiger partial charge in [-0.1, -0.05) is 0 Å². The van der Waals surface area contributed by atoms with E-state index in [1.54, 1.807) is 22.7 Å². The highest BCUT2D eigenvalue weighted by Gasteiger charge is 2.52. The average molecular weight is 294 g/mol. The Morgan fingerprint density at radius 1 is 1.11 bits per heavy atom. The highest BCUT2D eigenvalue weighted by Crippen LogP contribution is 2.36. The van der Waals surface area contributed by atoms with E-state index >= 15 is 0 Å². The molecule has 0 bridgehead atoms. The highest BCUT2D eigenvalue weighted by atomic mass is 32.1. The standard InChI is InChI=1S/C12H15BN2O2S2/c1-11(2)12(3,4)17-13(16-11)9-6-18-10(15-9)8-5-14-7-19-8/h5-7H,1-4H3. The van der Waals surface area contributed by atoms with E-state index in [-0.39, 0.29) is 18.3 Å². The summed E-state index contributed by atoms with van der Waals surface area (Å²) in [6, 6.07) is 0. The summed E-state index contributed by atoms with van der Waals surface area (Å²) in [5.41, 5.74) is 2.00. The zero-order valence-electron chi connectivity index (χ0n) is 11.3. The van der Waals surface area contributed by atoms with E-state index < -0.39 is 0 Å². The molecule has 100 valence electrons. The maximum atomic E-state index is 5.99. The topological polar surface area (TPSA) is 44.2 Å². The molecule has 2 aromatic rings. The van der Waals surface area contributed by atoms with Gasteiger partial charge >= 0.3 is 7.12 Å². The molecule has 4 nitrogen and oxygen atoms in total. The van der Waals surface area contributed by atoms with Crippen molar-refractivity contribution >= 4 is 35.4 Å². The van der Waals surface area contributed by atoms with Crippen LogP contribution in [-0.2, 0) is 9.31 Å². The van der Waals surface area contributed by atoms with Crippen LogP contribution in [0, 0.1) is 0 Å². The molecule has 1 saturated heterocycles. The minimum Gasteiger partial charge on any atom is -0.398 e. The molecule has 0 spiro atoms. The van der Waals surface area contributed by atoms with E-state index in [9.17, 15) is 0 Å². The summed E-state index contributed by atoms with van der Waals surface area (Å²) in [5, 5.41) is 2.96. The van der Waals surface area contributed by atoms with Crippen molar-refractivity contribution in [2.75, 3.05) is 0 Å². The van der Waals surface area contributed by atoms with Gasteiger partial charge in [0.15, 0.2) is 0 Å². The van der Waals surface area contributed by atoms with Gasteiger partial charge in [0.1, 0.15) is 5.01 Å². The number of thiazole rings is 2. The Labute approximate surface area is 121 Å². The van der Waals surface area contributed by atoms with Gasteiger partial charge in [0, 0.05) is 11.6 Å². The molecule has 0 radical (unpaired) electrons. The molecule has 1 aliphatic rings. The van der Waals surface area contributed by atoms with Crippen LogP contribution in [0.15, 0.2) is 17.1 Å². The maximum Gasteiger partial charge on any atom is 0.515 e. The van der Waals surface area contributed by atoms with Crippen molar-refractivity contribution in [2.24, 2.45) is 0 Å². The van der Waals surface area contributed by atoms with Crippen LogP contribution in [0.4, 0.5) is 0 Å². The van der Waals surface area contributed by atoms with Crippen LogP contribution in [0.2, 0.25) is 0 Å². The third-order valence-electron chi connectivity index (χ3n) is 3.66. The molecule has 0 N–H and O–H groups in total. The van der Waals surface area contributed by atoms with E-state index in [1.165, 1.54) is 0 Å². The first-order valence-electron chi connectivity index (χ1n) is 6.09. The lowest BCUT2D eigenvalue weighted by molar-refractivity contribution is 0.00578. The summed E-state index contributed by atoms with van der Waals surface area (Å²) < 4.78 is 12.0. The molecule has 0 aliphatic carbocycles. The van der Waals surface area contributed by atoms with Crippen LogP contribution >= 0.6 is 22.7 Å². The van der Waals surface area contributed by atoms with Gasteiger partial charge in [0.2, 0.25) is 0 Å². The highest BCUT2D eigenvalue weighted by molar-refractivity contribution is 7.20. The van der Waals surface area contributed by atoms with E-state index in [4.69, 9.17) is 9.31 Å². The van der Waals surface area contributed by atoms with Gasteiger partial charge in [0.05, 0.1) is 27.2 Å². The first kappa shape index (κ1) is 13.2. The van der Waals surface area contributed by atoms with Gasteiger partial charge in [-0.15, -0.1) is 22.7 Å². The zero-order chi connectivity index (χ0) is 13.7. The Morgan fingerprint density at radius 2 is 1.79 bits per heavy atom. The fraction of sp³-hybridized carbons (Fsp3) is 0.500. The van der Waals surface area contributed by atoms with Crippen LogP contribution in [0.1, 0.15) is 27.7 Å². The van der Waals surface area contributed by atoms with Crippen LogP contribution < -0.4 is 5.59 Å². The molecule has 3 heterocycles. The molecular formula is C12H15BN2O2S2. The third-order valence-corrected chi connectivity index (χ3v) is 5.46. The first-order valence-corrected chi connectivity index (χ1v) is 7.85. The molecule has 0 saturated carbocycles. The second-order valence-corrected chi connectivity index (χ2v) is 7.28. The number of hydrogen-bond donors (Lipinski definition) is 0. The van der Waals surface area contributed by atoms with Crippen molar-refractivity contribution in [2.45, 2.75) is 38.9 Å². The Hall–Kier alpha value is -0.755. The molecule has 3 rings (SSSR count). The van der Waals surface area contributed by atoms with Gasteiger partial charge in [-0.25, -0.2) is 4.98 Å². The summed E-state index contributed by atoms with van der Waals surface area (Å²) in [5.74, 6) is 0. The molecule has 0 amide bonds. The Morgan fingerprint density at radius 3 is 2.37 bits per heavy atom. The number of rotatable bonds is 2. The van der Waals surface area contributed by atoms with Crippen LogP contribution in [0.3, 0.4) is 0 Å². The minimum atomic E-state index is -0.386. The van der Waals surface area contributed by atoms with Crippen molar-refractivity contribution in [1.82, 2.24) is 9.97 Å². The Balaban J connectivity index is 1.85. The molecule has 0 atom stereocenters. The number of hydrogen-bond acceptors (Lipinski definition) is 6. The average Bonchev–Trinajstić information content (AvgIpc) is 3.00. The second-order valence-electron chi connectivity index (χ2n) is 5.53. The first-order chi connectivity index (χ1) is 8.89. The summed E-state index contributed by atoms with van der Waals surface area (Å²) >= 11 is 3.18. The summed E-state index contributed by atoms with van der Waals surface area (Å²) in [6.07, 6.45) is 1.83. The van der Waals surface area contributed by atoms with Crippen molar-refractivity contribution in [3.63, 3.8) is 0 Å². The normalized spacial score (nSPS) is 20.9. The van der Waals surface area contributed by atoms with Gasteiger partial charge in [0.25, 0.3) is 0 Å². The number of aromatic nitrogens is 2. The maximum absolute atomic E-state index is 5.99. The van der Waals surface area contributed by atoms with Gasteiger partial charge in [-0.2, -0.15) is 0 Å². The summed E-state index contributed by atoms with van der Waals surface area (Å²) in [7, 11) is -0.386. The Bertz CT molecular complexity index is 564. The molecule has 1 fully saturated rings. The fourth-order valence-electron chi connectivity index (χ4n) is 1.79. The zero-order valence-corrected chi connectivity index (χ0v) is 13.0. The molecule has 7 heteroatoms. The van der Waals surface area contributed by atoms with Gasteiger partial charge in [-0.3, -0.25) is 4.98 Å². The quantitative estimate of drug-likeness (QED) is 0.799. The van der Waals surface area contributed by atoms with E-state index in [0.29, 0.717) is 0 Å². The lowest BCUT2D eigenvalue weighted by Gasteiger charge is -2.32. The summed E-state index contributed by atoms with van der Waals surface area (Å²) in [4.78, 5) is 9.76. The van der Waals surface area contributed by atoms with E-state index in [0.717, 1.165) is 15.5 Å². The molecule has 0 unspecified atom stereocenters. The number of nitrogens with zero attached hydrogens (tertiary/aromatic N) is 2. The Kier molecular flexibility index (Phi) is 3.05. The predicted molar refractivity (Wildman–Crippen MR) is 78.9 cm³/mol. The smallest absolute Gasteiger partial charge is 0.398 e. The molecule has 1 aliphatic heterocycles. The van der Waals surface area contributed by atoms with Crippen LogP contribution in [0.5, 0.6) is 0 Å². The van der Waals surface area contributed by atoms with E-state index in [1.807, 2.05) is 44.8 Å². The lowest BCUT2D eigenvalue weighted by Crippen LogP contribution is -2.41. The van der Waals surface area contributed by atoms with Crippen molar-refractivity contribution in [3.8, 4) is 9.88 Å². The van der Waals surface area contributed by atoms with Crippen LogP contribution in [-0.4, -0.2) is 28.3 Å². The van der Waals surface area contributed by atoms with Crippen LogP contribution in [0.25, 0.3) is 9.88 Å². The molecule has 2 aromatic heterocycles. The summed E-state index contributed by atoms with van der Waals surface area (Å²) in [6.45, 7) is 8.18.